The number of urea groups is 1. The molecule has 3 heterocycles. The first-order valence-corrected chi connectivity index (χ1v) is 15.0. The SMILES string of the molecule is C=CC(=O)Nc1ccc(C(=O)N2CCC(Nc3n[nH]c4c3CN(C(=O)N[C@H](CN(C)C)c3ccccc3)C4(C)C)CC2)cc1.S. The molecule has 4 N–H and O–H groups in total. The second-order valence-electron chi connectivity index (χ2n) is 12.2. The van der Waals surface area contributed by atoms with Gasteiger partial charge < -0.3 is 30.7 Å². The molecule has 0 aliphatic carbocycles. The normalized spacial score (nSPS) is 16.4. The number of aromatic nitrogens is 2. The van der Waals surface area contributed by atoms with E-state index in [0.717, 1.165) is 35.5 Å². The molecule has 1 atom stereocenters. The summed E-state index contributed by atoms with van der Waals surface area (Å²) in [5.41, 5.74) is 3.62. The Bertz CT molecular complexity index is 1500. The number of nitrogens with zero attached hydrogens (tertiary/aromatic N) is 4. The summed E-state index contributed by atoms with van der Waals surface area (Å²) in [5, 5.41) is 17.3. The van der Waals surface area contributed by atoms with Crippen LogP contribution in [0.3, 0.4) is 0 Å². The summed E-state index contributed by atoms with van der Waals surface area (Å²) in [5.74, 6) is 0.438. The summed E-state index contributed by atoms with van der Waals surface area (Å²) in [6.07, 6.45) is 2.76. The second kappa shape index (κ2) is 14.2. The number of aromatic amines is 1. The molecule has 1 fully saturated rings. The van der Waals surface area contributed by atoms with Crippen LogP contribution >= 0.6 is 13.5 Å². The Labute approximate surface area is 271 Å². The predicted octanol–water partition coefficient (Wildman–Crippen LogP) is 4.43. The van der Waals surface area contributed by atoms with Crippen LogP contribution in [-0.4, -0.2) is 82.5 Å². The quantitative estimate of drug-likeness (QED) is 0.259. The van der Waals surface area contributed by atoms with Crippen LogP contribution in [0.25, 0.3) is 0 Å². The molecular weight excluding hydrogens is 588 g/mol. The standard InChI is InChI=1S/C33H42N8O3.H2S/c1-6-28(42)34-24-14-12-23(13-15-24)31(43)40-18-16-25(17-19-40)35-30-26-20-41(33(2,3)29(26)37-38-30)32(44)36-27(21-39(4)5)22-10-8-7-9-11-22;/h6-15,25,27H,1,16-21H2,2-5H3,(H,34,42)(H,36,44)(H2,35,37,38);1H2/t27-;/m1./s1. The Morgan fingerprint density at radius 2 is 1.76 bits per heavy atom. The van der Waals surface area contributed by atoms with Crippen molar-refractivity contribution in [2.75, 3.05) is 44.4 Å². The van der Waals surface area contributed by atoms with Gasteiger partial charge in [0.2, 0.25) is 5.91 Å². The lowest BCUT2D eigenvalue weighted by molar-refractivity contribution is -0.111. The highest BCUT2D eigenvalue weighted by Crippen LogP contribution is 2.41. The number of fused-ring (bicyclic) bond motifs is 1. The average molecular weight is 633 g/mol. The molecule has 12 heteroatoms. The fourth-order valence-corrected chi connectivity index (χ4v) is 5.97. The van der Waals surface area contributed by atoms with E-state index in [1.807, 2.05) is 68.1 Å². The molecule has 0 unspecified atom stereocenters. The van der Waals surface area contributed by atoms with Crippen LogP contribution in [0.4, 0.5) is 16.3 Å². The third-order valence-electron chi connectivity index (χ3n) is 8.47. The van der Waals surface area contributed by atoms with Crippen LogP contribution in [0, 0.1) is 0 Å². The summed E-state index contributed by atoms with van der Waals surface area (Å²) in [6, 6.07) is 16.8. The van der Waals surface area contributed by atoms with Gasteiger partial charge in [-0.2, -0.15) is 18.6 Å². The number of carbonyl (C=O) groups excluding carboxylic acids is 3. The number of anilines is 2. The monoisotopic (exact) mass is 632 g/mol. The number of hydrogen-bond donors (Lipinski definition) is 4. The molecule has 2 aliphatic rings. The summed E-state index contributed by atoms with van der Waals surface area (Å²) >= 11 is 0. The molecule has 2 aromatic carbocycles. The molecule has 11 nitrogen and oxygen atoms in total. The number of benzene rings is 2. The zero-order chi connectivity index (χ0) is 31.4. The van der Waals surface area contributed by atoms with Crippen LogP contribution in [0.1, 0.15) is 59.9 Å². The first kappa shape index (κ1) is 33.6. The highest BCUT2D eigenvalue weighted by Gasteiger charge is 2.44. The van der Waals surface area contributed by atoms with Crippen LogP contribution in [0.2, 0.25) is 0 Å². The number of carbonyl (C=O) groups is 3. The molecule has 0 spiro atoms. The Morgan fingerprint density at radius 3 is 2.38 bits per heavy atom. The van der Waals surface area contributed by atoms with Gasteiger partial charge in [-0.05, 0) is 76.7 Å². The molecule has 5 rings (SSSR count). The topological polar surface area (TPSA) is 126 Å². The Morgan fingerprint density at radius 1 is 1.09 bits per heavy atom. The molecule has 4 amide bonds. The van der Waals surface area contributed by atoms with Crippen LogP contribution in [-0.2, 0) is 16.9 Å². The van der Waals surface area contributed by atoms with E-state index < -0.39 is 5.54 Å². The highest BCUT2D eigenvalue weighted by atomic mass is 32.1. The molecule has 0 bridgehead atoms. The van der Waals surface area contributed by atoms with E-state index in [9.17, 15) is 14.4 Å². The zero-order valence-electron chi connectivity index (χ0n) is 26.4. The van der Waals surface area contributed by atoms with Gasteiger partial charge in [0, 0.05) is 42.5 Å². The van der Waals surface area contributed by atoms with Gasteiger partial charge in [-0.25, -0.2) is 4.79 Å². The molecule has 1 saturated heterocycles. The van der Waals surface area contributed by atoms with E-state index in [1.165, 1.54) is 6.08 Å². The summed E-state index contributed by atoms with van der Waals surface area (Å²) < 4.78 is 0. The number of H-pyrrole nitrogens is 1. The van der Waals surface area contributed by atoms with Crippen molar-refractivity contribution in [3.05, 3.63) is 89.6 Å². The van der Waals surface area contributed by atoms with Crippen molar-refractivity contribution in [2.45, 2.75) is 50.9 Å². The number of likely N-dealkylation sites (N-methyl/N-ethyl adjacent to an activating group) is 1. The van der Waals surface area contributed by atoms with Crippen LogP contribution in [0.15, 0.2) is 67.3 Å². The molecule has 45 heavy (non-hydrogen) atoms. The number of rotatable bonds is 9. The Hall–Kier alpha value is -4.29. The maximum Gasteiger partial charge on any atom is 0.319 e. The molecule has 0 saturated carbocycles. The smallest absolute Gasteiger partial charge is 0.319 e. The van der Waals surface area contributed by atoms with Crippen LogP contribution < -0.4 is 16.0 Å². The lowest BCUT2D eigenvalue weighted by atomic mass is 10.0. The lowest BCUT2D eigenvalue weighted by Crippen LogP contribution is -2.48. The Kier molecular flexibility index (Phi) is 10.6. The first-order chi connectivity index (χ1) is 21.1. The molecule has 2 aliphatic heterocycles. The van der Waals surface area contributed by atoms with Crippen molar-refractivity contribution in [3.8, 4) is 0 Å². The average Bonchev–Trinajstić information content (AvgIpc) is 3.54. The van der Waals surface area contributed by atoms with Gasteiger partial charge in [0.25, 0.3) is 5.91 Å². The summed E-state index contributed by atoms with van der Waals surface area (Å²) in [7, 11) is 4.00. The third kappa shape index (κ3) is 7.51. The maximum absolute atomic E-state index is 13.7. The van der Waals surface area contributed by atoms with Crippen molar-refractivity contribution >= 4 is 42.8 Å². The van der Waals surface area contributed by atoms with E-state index >= 15 is 0 Å². The van der Waals surface area contributed by atoms with E-state index in [1.54, 1.807) is 24.3 Å². The van der Waals surface area contributed by atoms with Gasteiger partial charge in [0.05, 0.1) is 23.8 Å². The summed E-state index contributed by atoms with van der Waals surface area (Å²) in [6.45, 7) is 9.88. The number of piperidine rings is 1. The second-order valence-corrected chi connectivity index (χ2v) is 12.2. The first-order valence-electron chi connectivity index (χ1n) is 15.0. The van der Waals surface area contributed by atoms with Crippen molar-refractivity contribution in [1.29, 1.82) is 0 Å². The van der Waals surface area contributed by atoms with Gasteiger partial charge >= 0.3 is 6.03 Å². The van der Waals surface area contributed by atoms with Gasteiger partial charge in [0.1, 0.15) is 0 Å². The molecule has 240 valence electrons. The minimum absolute atomic E-state index is 0. The van der Waals surface area contributed by atoms with E-state index in [0.29, 0.717) is 37.4 Å². The largest absolute Gasteiger partial charge is 0.365 e. The van der Waals surface area contributed by atoms with Crippen molar-refractivity contribution < 1.29 is 14.4 Å². The van der Waals surface area contributed by atoms with Gasteiger partial charge in [-0.1, -0.05) is 36.9 Å². The Balaban J connectivity index is 0.00000461. The summed E-state index contributed by atoms with van der Waals surface area (Å²) in [4.78, 5) is 44.1. The van der Waals surface area contributed by atoms with E-state index in [-0.39, 0.29) is 43.4 Å². The van der Waals surface area contributed by atoms with Crippen molar-refractivity contribution in [2.24, 2.45) is 0 Å². The van der Waals surface area contributed by atoms with E-state index in [4.69, 9.17) is 0 Å². The van der Waals surface area contributed by atoms with Crippen LogP contribution in [0.5, 0.6) is 0 Å². The van der Waals surface area contributed by atoms with Crippen molar-refractivity contribution in [3.63, 3.8) is 0 Å². The predicted molar refractivity (Wildman–Crippen MR) is 182 cm³/mol. The molecule has 0 radical (unpaired) electrons. The molecule has 1 aromatic heterocycles. The maximum atomic E-state index is 13.7. The fourth-order valence-electron chi connectivity index (χ4n) is 5.97. The zero-order valence-corrected chi connectivity index (χ0v) is 27.4. The molecule has 3 aromatic rings. The number of likely N-dealkylation sites (tertiary alicyclic amines) is 1. The number of amides is 4. The third-order valence-corrected chi connectivity index (χ3v) is 8.47. The number of hydrogen-bond acceptors (Lipinski definition) is 6. The minimum atomic E-state index is -0.564. The fraction of sp³-hybridized carbons (Fsp3) is 0.394. The van der Waals surface area contributed by atoms with Gasteiger partial charge in [0.15, 0.2) is 5.82 Å². The van der Waals surface area contributed by atoms with Gasteiger partial charge in [-0.3, -0.25) is 14.7 Å². The number of nitrogens with one attached hydrogen (secondary N) is 4. The van der Waals surface area contributed by atoms with Gasteiger partial charge in [-0.15, -0.1) is 0 Å². The minimum Gasteiger partial charge on any atom is -0.365 e. The molecular formula is C33H44N8O3S. The highest BCUT2D eigenvalue weighted by molar-refractivity contribution is 7.59. The van der Waals surface area contributed by atoms with E-state index in [2.05, 4.69) is 37.6 Å². The lowest BCUT2D eigenvalue weighted by Gasteiger charge is -2.34. The van der Waals surface area contributed by atoms with Crippen molar-refractivity contribution in [1.82, 2.24) is 30.2 Å².